The van der Waals surface area contributed by atoms with Gasteiger partial charge >= 0.3 is 0 Å². The molecule has 0 amide bonds. The van der Waals surface area contributed by atoms with Crippen molar-refractivity contribution < 1.29 is 8.78 Å². The van der Waals surface area contributed by atoms with E-state index in [1.807, 2.05) is 0 Å². The molecule has 0 saturated carbocycles. The summed E-state index contributed by atoms with van der Waals surface area (Å²) in [5.74, 6) is -1.49. The molecular formula is C9H4F2N4S. The van der Waals surface area contributed by atoms with E-state index in [4.69, 9.17) is 0 Å². The van der Waals surface area contributed by atoms with Crippen molar-refractivity contribution in [2.75, 3.05) is 0 Å². The van der Waals surface area contributed by atoms with Crippen molar-refractivity contribution in [2.24, 2.45) is 0 Å². The number of imidazole rings is 1. The van der Waals surface area contributed by atoms with Crippen LogP contribution in [0.4, 0.5) is 8.78 Å². The van der Waals surface area contributed by atoms with Crippen molar-refractivity contribution in [3.63, 3.8) is 0 Å². The number of nitrogens with zero attached hydrogens (tertiary/aromatic N) is 3. The molecule has 4 nitrogen and oxygen atoms in total. The summed E-state index contributed by atoms with van der Waals surface area (Å²) in [4.78, 5) is 6.80. The van der Waals surface area contributed by atoms with Gasteiger partial charge in [0, 0.05) is 5.38 Å². The SMILES string of the molecule is Fc1ccc2[nH]c(-c3csnn3)nc2c1F. The number of nitrogens with one attached hydrogen (secondary N) is 1. The number of aromatic amines is 1. The van der Waals surface area contributed by atoms with Gasteiger partial charge in [-0.1, -0.05) is 4.49 Å². The Morgan fingerprint density at radius 1 is 1.25 bits per heavy atom. The first-order valence-corrected chi connectivity index (χ1v) is 5.20. The fraction of sp³-hybridized carbons (Fsp3) is 0. The van der Waals surface area contributed by atoms with Crippen molar-refractivity contribution in [1.82, 2.24) is 19.6 Å². The Hall–Kier alpha value is -1.89. The minimum Gasteiger partial charge on any atom is -0.336 e. The van der Waals surface area contributed by atoms with Crippen LogP contribution >= 0.6 is 11.5 Å². The van der Waals surface area contributed by atoms with E-state index in [0.29, 0.717) is 17.0 Å². The predicted octanol–water partition coefficient (Wildman–Crippen LogP) is 2.36. The van der Waals surface area contributed by atoms with Gasteiger partial charge in [0.15, 0.2) is 17.5 Å². The molecule has 3 rings (SSSR count). The zero-order valence-corrected chi connectivity index (χ0v) is 8.55. The molecule has 7 heteroatoms. The highest BCUT2D eigenvalue weighted by atomic mass is 32.1. The Balaban J connectivity index is 2.28. The Kier molecular flexibility index (Phi) is 1.93. The highest BCUT2D eigenvalue weighted by Gasteiger charge is 2.13. The Labute approximate surface area is 92.1 Å². The van der Waals surface area contributed by atoms with Gasteiger partial charge in [0.2, 0.25) is 0 Å². The first-order valence-electron chi connectivity index (χ1n) is 4.37. The number of rotatable bonds is 1. The van der Waals surface area contributed by atoms with E-state index in [-0.39, 0.29) is 5.52 Å². The molecule has 16 heavy (non-hydrogen) atoms. The lowest BCUT2D eigenvalue weighted by Crippen LogP contribution is -1.84. The summed E-state index contributed by atoms with van der Waals surface area (Å²) in [6, 6.07) is 2.49. The first kappa shape index (κ1) is 9.34. The molecule has 0 aliphatic rings. The lowest BCUT2D eigenvalue weighted by molar-refractivity contribution is 0.515. The molecular weight excluding hydrogens is 234 g/mol. The zero-order valence-electron chi connectivity index (χ0n) is 7.74. The van der Waals surface area contributed by atoms with Crippen molar-refractivity contribution in [1.29, 1.82) is 0 Å². The summed E-state index contributed by atoms with van der Waals surface area (Å²) in [6.07, 6.45) is 0. The average Bonchev–Trinajstić information content (AvgIpc) is 2.91. The smallest absolute Gasteiger partial charge is 0.186 e. The van der Waals surface area contributed by atoms with E-state index in [2.05, 4.69) is 19.6 Å². The largest absolute Gasteiger partial charge is 0.336 e. The average molecular weight is 238 g/mol. The molecule has 0 saturated heterocycles. The van der Waals surface area contributed by atoms with Gasteiger partial charge in [-0.15, -0.1) is 5.10 Å². The molecule has 1 aromatic carbocycles. The number of hydrogen-bond acceptors (Lipinski definition) is 4. The summed E-state index contributed by atoms with van der Waals surface area (Å²) in [7, 11) is 0. The van der Waals surface area contributed by atoms with E-state index in [1.54, 1.807) is 5.38 Å². The number of benzene rings is 1. The number of halogens is 2. The van der Waals surface area contributed by atoms with Crippen LogP contribution in [-0.4, -0.2) is 19.6 Å². The maximum atomic E-state index is 13.4. The quantitative estimate of drug-likeness (QED) is 0.708. The lowest BCUT2D eigenvalue weighted by Gasteiger charge is -1.91. The Morgan fingerprint density at radius 3 is 2.88 bits per heavy atom. The minimum atomic E-state index is -0.955. The predicted molar refractivity (Wildman–Crippen MR) is 54.9 cm³/mol. The van der Waals surface area contributed by atoms with Crippen LogP contribution in [0, 0.1) is 11.6 Å². The van der Waals surface area contributed by atoms with E-state index < -0.39 is 11.6 Å². The summed E-state index contributed by atoms with van der Waals surface area (Å²) in [6.45, 7) is 0. The molecule has 0 bridgehead atoms. The van der Waals surface area contributed by atoms with Gasteiger partial charge in [0.1, 0.15) is 11.2 Å². The highest BCUT2D eigenvalue weighted by molar-refractivity contribution is 7.03. The molecule has 3 aromatic rings. The van der Waals surface area contributed by atoms with Crippen LogP contribution in [-0.2, 0) is 0 Å². The van der Waals surface area contributed by atoms with Gasteiger partial charge in [-0.2, -0.15) is 0 Å². The topological polar surface area (TPSA) is 54.5 Å². The number of hydrogen-bond donors (Lipinski definition) is 1. The third-order valence-corrected chi connectivity index (χ3v) is 2.65. The van der Waals surface area contributed by atoms with Gasteiger partial charge in [0.25, 0.3) is 0 Å². The van der Waals surface area contributed by atoms with Crippen LogP contribution in [0.5, 0.6) is 0 Å². The molecule has 0 radical (unpaired) electrons. The monoisotopic (exact) mass is 238 g/mol. The molecule has 2 heterocycles. The Morgan fingerprint density at radius 2 is 2.12 bits per heavy atom. The van der Waals surface area contributed by atoms with Crippen LogP contribution in [0.3, 0.4) is 0 Å². The third-order valence-electron chi connectivity index (χ3n) is 2.15. The van der Waals surface area contributed by atoms with Crippen molar-refractivity contribution in [2.45, 2.75) is 0 Å². The third kappa shape index (κ3) is 1.28. The van der Waals surface area contributed by atoms with Crippen molar-refractivity contribution >= 4 is 22.6 Å². The zero-order chi connectivity index (χ0) is 11.1. The number of aromatic nitrogens is 4. The molecule has 80 valence electrons. The van der Waals surface area contributed by atoms with Crippen LogP contribution < -0.4 is 0 Å². The summed E-state index contributed by atoms with van der Waals surface area (Å²) >= 11 is 1.16. The molecule has 0 unspecified atom stereocenters. The fourth-order valence-corrected chi connectivity index (χ4v) is 1.85. The van der Waals surface area contributed by atoms with Gasteiger partial charge < -0.3 is 4.98 Å². The summed E-state index contributed by atoms with van der Waals surface area (Å²) in [5, 5.41) is 5.47. The van der Waals surface area contributed by atoms with E-state index >= 15 is 0 Å². The maximum Gasteiger partial charge on any atom is 0.186 e. The van der Waals surface area contributed by atoms with Crippen molar-refractivity contribution in [3.05, 3.63) is 29.1 Å². The van der Waals surface area contributed by atoms with Crippen molar-refractivity contribution in [3.8, 4) is 11.5 Å². The summed E-state index contributed by atoms with van der Waals surface area (Å²) in [5.41, 5.74) is 0.922. The van der Waals surface area contributed by atoms with Gasteiger partial charge in [0.05, 0.1) is 5.52 Å². The normalized spacial score (nSPS) is 11.1. The fourth-order valence-electron chi connectivity index (χ4n) is 1.41. The molecule has 0 spiro atoms. The second-order valence-corrected chi connectivity index (χ2v) is 3.74. The maximum absolute atomic E-state index is 13.4. The molecule has 0 fully saturated rings. The highest BCUT2D eigenvalue weighted by Crippen LogP contribution is 2.22. The van der Waals surface area contributed by atoms with Gasteiger partial charge in [-0.25, -0.2) is 13.8 Å². The molecule has 0 atom stereocenters. The molecule has 2 aromatic heterocycles. The van der Waals surface area contributed by atoms with E-state index in [1.165, 1.54) is 6.07 Å². The van der Waals surface area contributed by atoms with Crippen LogP contribution in [0.1, 0.15) is 0 Å². The number of H-pyrrole nitrogens is 1. The van der Waals surface area contributed by atoms with Crippen LogP contribution in [0.2, 0.25) is 0 Å². The first-order chi connectivity index (χ1) is 7.75. The molecule has 1 N–H and O–H groups in total. The number of fused-ring (bicyclic) bond motifs is 1. The standard InChI is InChI=1S/C9H4F2N4S/c10-4-1-2-5-8(7(4)11)13-9(12-5)6-3-16-15-14-6/h1-3H,(H,12,13). The Bertz CT molecular complexity index is 647. The minimum absolute atomic E-state index is 0.0250. The molecule has 0 aliphatic heterocycles. The second kappa shape index (κ2) is 3.31. The van der Waals surface area contributed by atoms with E-state index in [9.17, 15) is 8.78 Å². The van der Waals surface area contributed by atoms with Crippen LogP contribution in [0.15, 0.2) is 17.5 Å². The second-order valence-electron chi connectivity index (χ2n) is 3.13. The van der Waals surface area contributed by atoms with Gasteiger partial charge in [-0.05, 0) is 23.7 Å². The van der Waals surface area contributed by atoms with E-state index in [0.717, 1.165) is 17.6 Å². The van der Waals surface area contributed by atoms with Crippen LogP contribution in [0.25, 0.3) is 22.6 Å². The summed E-state index contributed by atoms with van der Waals surface area (Å²) < 4.78 is 30.0. The lowest BCUT2D eigenvalue weighted by atomic mass is 10.3. The van der Waals surface area contributed by atoms with Gasteiger partial charge in [-0.3, -0.25) is 0 Å². The molecule has 0 aliphatic carbocycles.